The summed E-state index contributed by atoms with van der Waals surface area (Å²) in [6.07, 6.45) is 10.5. The number of hydrogen-bond acceptors (Lipinski definition) is 1. The average molecular weight is 189 g/mol. The molecule has 0 aliphatic carbocycles. The number of aliphatic imine (C=N–C) groups is 1. The van der Waals surface area contributed by atoms with Crippen molar-refractivity contribution in [2.24, 2.45) is 10.9 Å². The summed E-state index contributed by atoms with van der Waals surface area (Å²) in [7, 11) is 0. The van der Waals surface area contributed by atoms with Gasteiger partial charge in [0.15, 0.2) is 0 Å². The minimum absolute atomic E-state index is 0.507. The first kappa shape index (κ1) is 11.0. The predicted molar refractivity (Wildman–Crippen MR) is 63.8 cm³/mol. The van der Waals surface area contributed by atoms with Gasteiger partial charge in [0.1, 0.15) is 0 Å². The smallest absolute Gasteiger partial charge is 0.0457 e. The van der Waals surface area contributed by atoms with E-state index in [0.717, 1.165) is 19.4 Å². The van der Waals surface area contributed by atoms with Crippen molar-refractivity contribution in [2.45, 2.75) is 26.7 Å². The molecule has 0 aromatic heterocycles. The summed E-state index contributed by atoms with van der Waals surface area (Å²) in [5.74, 6) is 0.507. The molecule has 0 saturated heterocycles. The summed E-state index contributed by atoms with van der Waals surface area (Å²) >= 11 is 0. The minimum atomic E-state index is 0.507. The lowest BCUT2D eigenvalue weighted by atomic mass is 9.97. The molecular weight excluding hydrogens is 170 g/mol. The number of rotatable bonds is 1. The van der Waals surface area contributed by atoms with Crippen LogP contribution in [0.25, 0.3) is 0 Å². The van der Waals surface area contributed by atoms with Crippen LogP contribution in [0.4, 0.5) is 0 Å². The molecule has 1 heterocycles. The topological polar surface area (TPSA) is 12.4 Å². The first-order valence-corrected chi connectivity index (χ1v) is 5.26. The Morgan fingerprint density at radius 1 is 1.50 bits per heavy atom. The van der Waals surface area contributed by atoms with E-state index in [-0.39, 0.29) is 0 Å². The van der Waals surface area contributed by atoms with Gasteiger partial charge < -0.3 is 0 Å². The first-order chi connectivity index (χ1) is 6.74. The van der Waals surface area contributed by atoms with E-state index < -0.39 is 0 Å². The summed E-state index contributed by atoms with van der Waals surface area (Å²) in [5, 5.41) is 0. The number of allylic oxidation sites excluding steroid dienone is 4. The van der Waals surface area contributed by atoms with Gasteiger partial charge in [-0.25, -0.2) is 0 Å². The van der Waals surface area contributed by atoms with Crippen LogP contribution < -0.4 is 0 Å². The van der Waals surface area contributed by atoms with Gasteiger partial charge in [0.05, 0.1) is 0 Å². The van der Waals surface area contributed by atoms with Gasteiger partial charge in [-0.15, -0.1) is 0 Å². The normalized spacial score (nSPS) is 23.4. The Kier molecular flexibility index (Phi) is 4.37. The Labute approximate surface area is 86.9 Å². The van der Waals surface area contributed by atoms with Gasteiger partial charge >= 0.3 is 0 Å². The van der Waals surface area contributed by atoms with E-state index in [9.17, 15) is 0 Å². The third-order valence-electron chi connectivity index (χ3n) is 2.57. The largest absolute Gasteiger partial charge is 0.293 e. The zero-order valence-corrected chi connectivity index (χ0v) is 9.16. The molecule has 1 atom stereocenters. The summed E-state index contributed by atoms with van der Waals surface area (Å²) < 4.78 is 0. The van der Waals surface area contributed by atoms with Gasteiger partial charge in [0.25, 0.3) is 0 Å². The zero-order valence-electron chi connectivity index (χ0n) is 9.16. The van der Waals surface area contributed by atoms with Crippen LogP contribution in [0.2, 0.25) is 0 Å². The zero-order chi connectivity index (χ0) is 10.4. The maximum atomic E-state index is 4.56. The highest BCUT2D eigenvalue weighted by Crippen LogP contribution is 2.16. The lowest BCUT2D eigenvalue weighted by molar-refractivity contribution is 0.618. The molecule has 0 aromatic carbocycles. The van der Waals surface area contributed by atoms with Crippen LogP contribution in [-0.2, 0) is 0 Å². The third kappa shape index (κ3) is 3.33. The molecule has 0 bridgehead atoms. The van der Waals surface area contributed by atoms with E-state index in [0.29, 0.717) is 5.92 Å². The summed E-state index contributed by atoms with van der Waals surface area (Å²) in [5.41, 5.74) is 2.40. The molecule has 1 rings (SSSR count). The van der Waals surface area contributed by atoms with E-state index in [4.69, 9.17) is 0 Å². The number of hydrogen-bond donors (Lipinski definition) is 0. The Balaban J connectivity index is 2.80. The van der Waals surface area contributed by atoms with Crippen LogP contribution in [0, 0.1) is 5.92 Å². The molecule has 14 heavy (non-hydrogen) atoms. The standard InChI is InChI=1S/C13H19N/c1-4-13-10-14-12(3)9-7-5-6-8-11(13)2/h5-8,13H,2,4,9-10H2,1,3H3. The fraction of sp³-hybridized carbons (Fsp3) is 0.462. The van der Waals surface area contributed by atoms with Gasteiger partial charge in [0.2, 0.25) is 0 Å². The van der Waals surface area contributed by atoms with E-state index in [1.807, 2.05) is 0 Å². The third-order valence-corrected chi connectivity index (χ3v) is 2.57. The molecule has 0 saturated carbocycles. The second-order valence-electron chi connectivity index (χ2n) is 3.75. The van der Waals surface area contributed by atoms with Crippen molar-refractivity contribution in [1.82, 2.24) is 0 Å². The van der Waals surface area contributed by atoms with Crippen molar-refractivity contribution in [1.29, 1.82) is 0 Å². The SMILES string of the molecule is C=C1C=CC=CCC(C)=NCC1CC. The van der Waals surface area contributed by atoms with Gasteiger partial charge in [-0.3, -0.25) is 4.99 Å². The summed E-state index contributed by atoms with van der Waals surface area (Å²) in [6, 6.07) is 0. The van der Waals surface area contributed by atoms with E-state index in [2.05, 4.69) is 49.7 Å². The Morgan fingerprint density at radius 3 is 3.00 bits per heavy atom. The lowest BCUT2D eigenvalue weighted by Crippen LogP contribution is -2.07. The fourth-order valence-corrected chi connectivity index (χ4v) is 1.47. The van der Waals surface area contributed by atoms with Crippen LogP contribution >= 0.6 is 0 Å². The van der Waals surface area contributed by atoms with E-state index in [1.54, 1.807) is 0 Å². The summed E-state index contributed by atoms with van der Waals surface area (Å²) in [4.78, 5) is 4.56. The van der Waals surface area contributed by atoms with E-state index >= 15 is 0 Å². The molecule has 1 heteroatoms. The highest BCUT2D eigenvalue weighted by atomic mass is 14.7. The van der Waals surface area contributed by atoms with Crippen molar-refractivity contribution >= 4 is 5.71 Å². The second-order valence-corrected chi connectivity index (χ2v) is 3.75. The van der Waals surface area contributed by atoms with Gasteiger partial charge in [-0.1, -0.05) is 43.4 Å². The molecule has 0 radical (unpaired) electrons. The van der Waals surface area contributed by atoms with Crippen molar-refractivity contribution < 1.29 is 0 Å². The molecule has 0 aromatic rings. The van der Waals surface area contributed by atoms with Gasteiger partial charge in [-0.05, 0) is 13.3 Å². The molecule has 1 unspecified atom stereocenters. The fourth-order valence-electron chi connectivity index (χ4n) is 1.47. The maximum Gasteiger partial charge on any atom is 0.0457 e. The molecule has 0 amide bonds. The molecular formula is C13H19N. The molecule has 0 fully saturated rings. The van der Waals surface area contributed by atoms with Crippen LogP contribution in [0.3, 0.4) is 0 Å². The average Bonchev–Trinajstić information content (AvgIpc) is 2.18. The lowest BCUT2D eigenvalue weighted by Gasteiger charge is -2.13. The van der Waals surface area contributed by atoms with Crippen LogP contribution in [0.1, 0.15) is 26.7 Å². The second kappa shape index (κ2) is 5.58. The highest BCUT2D eigenvalue weighted by Gasteiger charge is 2.07. The van der Waals surface area contributed by atoms with Crippen molar-refractivity contribution in [3.8, 4) is 0 Å². The van der Waals surface area contributed by atoms with Crippen LogP contribution in [-0.4, -0.2) is 12.3 Å². The van der Waals surface area contributed by atoms with Crippen molar-refractivity contribution in [3.63, 3.8) is 0 Å². The maximum absolute atomic E-state index is 4.56. The minimum Gasteiger partial charge on any atom is -0.293 e. The summed E-state index contributed by atoms with van der Waals surface area (Å²) in [6.45, 7) is 9.24. The first-order valence-electron chi connectivity index (χ1n) is 5.26. The van der Waals surface area contributed by atoms with Gasteiger partial charge in [-0.2, -0.15) is 0 Å². The highest BCUT2D eigenvalue weighted by molar-refractivity contribution is 5.83. The molecule has 0 spiro atoms. The monoisotopic (exact) mass is 189 g/mol. The number of nitrogens with zero attached hydrogens (tertiary/aromatic N) is 1. The van der Waals surface area contributed by atoms with Gasteiger partial charge in [0, 0.05) is 24.6 Å². The molecule has 1 aliphatic heterocycles. The van der Waals surface area contributed by atoms with Crippen molar-refractivity contribution in [3.05, 3.63) is 36.5 Å². The Bertz CT molecular complexity index is 282. The van der Waals surface area contributed by atoms with Crippen LogP contribution in [0.15, 0.2) is 41.4 Å². The molecule has 1 nitrogen and oxygen atoms in total. The Hall–Kier alpha value is -1.11. The molecule has 1 aliphatic rings. The van der Waals surface area contributed by atoms with Crippen LogP contribution in [0.5, 0.6) is 0 Å². The predicted octanol–water partition coefficient (Wildman–Crippen LogP) is 3.55. The molecule has 76 valence electrons. The molecule has 0 N–H and O–H groups in total. The van der Waals surface area contributed by atoms with Crippen molar-refractivity contribution in [2.75, 3.05) is 6.54 Å². The van der Waals surface area contributed by atoms with E-state index in [1.165, 1.54) is 11.3 Å². The quantitative estimate of drug-likeness (QED) is 0.598. The Morgan fingerprint density at radius 2 is 2.29 bits per heavy atom.